The van der Waals surface area contributed by atoms with E-state index in [1.54, 1.807) is 7.11 Å². The van der Waals surface area contributed by atoms with Crippen molar-refractivity contribution in [3.05, 3.63) is 0 Å². The Morgan fingerprint density at radius 3 is 2.52 bits per heavy atom. The highest BCUT2D eigenvalue weighted by molar-refractivity contribution is 5.66. The maximum Gasteiger partial charge on any atom is 0.303 e. The third-order valence-electron chi connectivity index (χ3n) is 5.91. The highest BCUT2D eigenvalue weighted by atomic mass is 16.5. The minimum Gasteiger partial charge on any atom is -0.481 e. The van der Waals surface area contributed by atoms with Gasteiger partial charge in [-0.1, -0.05) is 45.4 Å². The van der Waals surface area contributed by atoms with Gasteiger partial charge in [0.15, 0.2) is 0 Å². The van der Waals surface area contributed by atoms with Gasteiger partial charge in [-0.15, -0.1) is 0 Å². The summed E-state index contributed by atoms with van der Waals surface area (Å²) in [5, 5.41) is 29.6. The molecule has 0 aromatic carbocycles. The van der Waals surface area contributed by atoms with Crippen molar-refractivity contribution >= 4 is 5.97 Å². The van der Waals surface area contributed by atoms with Crippen molar-refractivity contribution in [1.82, 2.24) is 4.90 Å². The van der Waals surface area contributed by atoms with Crippen LogP contribution in [0.25, 0.3) is 0 Å². The molecule has 0 saturated heterocycles. The zero-order chi connectivity index (χ0) is 20.2. The molecule has 0 aliphatic heterocycles. The van der Waals surface area contributed by atoms with Gasteiger partial charge in [-0.05, 0) is 26.3 Å². The van der Waals surface area contributed by atoms with Crippen molar-refractivity contribution in [1.29, 1.82) is 0 Å². The Balaban J connectivity index is 2.49. The third-order valence-corrected chi connectivity index (χ3v) is 5.91. The maximum absolute atomic E-state index is 10.6. The number of aliphatic hydroxyl groups is 2. The second-order valence-electron chi connectivity index (χ2n) is 8.17. The molecule has 1 rings (SSSR count). The summed E-state index contributed by atoms with van der Waals surface area (Å²) < 4.78 is 5.64. The number of likely N-dealkylation sites (N-methyl/N-ethyl adjacent to an activating group) is 1. The predicted molar refractivity (Wildman–Crippen MR) is 107 cm³/mol. The van der Waals surface area contributed by atoms with Crippen LogP contribution in [0.4, 0.5) is 0 Å². The first-order valence-electron chi connectivity index (χ1n) is 10.7. The van der Waals surface area contributed by atoms with Gasteiger partial charge in [-0.3, -0.25) is 9.69 Å². The lowest BCUT2D eigenvalue weighted by molar-refractivity contribution is -0.137. The lowest BCUT2D eigenvalue weighted by atomic mass is 9.92. The number of hydrogen-bond donors (Lipinski definition) is 3. The number of ether oxygens (including phenoxy) is 1. The fraction of sp³-hybridized carbons (Fsp3) is 0.952. The first kappa shape index (κ1) is 24.3. The summed E-state index contributed by atoms with van der Waals surface area (Å²) in [7, 11) is 3.70. The minimum absolute atomic E-state index is 0.00907. The third kappa shape index (κ3) is 8.90. The van der Waals surface area contributed by atoms with Crippen LogP contribution in [0.2, 0.25) is 0 Å². The van der Waals surface area contributed by atoms with Crippen LogP contribution in [-0.2, 0) is 9.53 Å². The van der Waals surface area contributed by atoms with Gasteiger partial charge in [0.1, 0.15) is 0 Å². The zero-order valence-corrected chi connectivity index (χ0v) is 17.5. The van der Waals surface area contributed by atoms with E-state index in [2.05, 4.69) is 11.8 Å². The van der Waals surface area contributed by atoms with Gasteiger partial charge >= 0.3 is 5.97 Å². The smallest absolute Gasteiger partial charge is 0.303 e. The summed E-state index contributed by atoms with van der Waals surface area (Å²) >= 11 is 0. The molecule has 0 aromatic rings. The molecule has 3 N–H and O–H groups in total. The second kappa shape index (κ2) is 13.5. The standard InChI is InChI=1S/C21H41NO5/c1-4-5-8-11-16(23)15-22(2)21-17(19(27-3)14-18(21)24)12-9-6-7-10-13-20(25)26/h16-19,21,23-24H,4-15H2,1-3H3,(H,25,26)/t16?,17-,18+,19-,21+/m0/s1. The maximum atomic E-state index is 10.6. The quantitative estimate of drug-likeness (QED) is 0.374. The normalized spacial score (nSPS) is 26.6. The Kier molecular flexibility index (Phi) is 12.2. The molecule has 160 valence electrons. The van der Waals surface area contributed by atoms with E-state index in [1.165, 1.54) is 0 Å². The molecular formula is C21H41NO5. The summed E-state index contributed by atoms with van der Waals surface area (Å²) in [5.74, 6) is -0.482. The highest BCUT2D eigenvalue weighted by Crippen LogP contribution is 2.36. The van der Waals surface area contributed by atoms with Crippen molar-refractivity contribution in [2.24, 2.45) is 5.92 Å². The lowest BCUT2D eigenvalue weighted by Gasteiger charge is -2.34. The summed E-state index contributed by atoms with van der Waals surface area (Å²) in [6.07, 6.45) is 8.91. The van der Waals surface area contributed by atoms with Gasteiger partial charge in [0.05, 0.1) is 18.3 Å². The molecule has 1 aliphatic carbocycles. The molecule has 0 amide bonds. The van der Waals surface area contributed by atoms with Gasteiger partial charge in [0.25, 0.3) is 0 Å². The predicted octanol–water partition coefficient (Wildman–Crippen LogP) is 3.05. The van der Waals surface area contributed by atoms with Crippen LogP contribution in [0.15, 0.2) is 0 Å². The molecule has 1 saturated carbocycles. The van der Waals surface area contributed by atoms with E-state index < -0.39 is 12.1 Å². The Morgan fingerprint density at radius 2 is 1.89 bits per heavy atom. The van der Waals surface area contributed by atoms with Crippen molar-refractivity contribution in [3.63, 3.8) is 0 Å². The van der Waals surface area contributed by atoms with Crippen LogP contribution in [0.3, 0.4) is 0 Å². The van der Waals surface area contributed by atoms with Crippen molar-refractivity contribution in [3.8, 4) is 0 Å². The van der Waals surface area contributed by atoms with E-state index in [4.69, 9.17) is 9.84 Å². The van der Waals surface area contributed by atoms with E-state index >= 15 is 0 Å². The number of nitrogens with zero attached hydrogens (tertiary/aromatic N) is 1. The summed E-state index contributed by atoms with van der Waals surface area (Å²) in [6, 6.07) is 0.00907. The van der Waals surface area contributed by atoms with Gasteiger partial charge in [-0.25, -0.2) is 0 Å². The number of methoxy groups -OCH3 is 1. The molecule has 0 bridgehead atoms. The first-order valence-corrected chi connectivity index (χ1v) is 10.7. The van der Waals surface area contributed by atoms with E-state index in [1.807, 2.05) is 7.05 Å². The van der Waals surface area contributed by atoms with Crippen LogP contribution in [0, 0.1) is 5.92 Å². The fourth-order valence-electron chi connectivity index (χ4n) is 4.49. The minimum atomic E-state index is -0.729. The number of carbonyl (C=O) groups is 1. The number of carboxylic acids is 1. The van der Waals surface area contributed by atoms with Crippen LogP contribution < -0.4 is 0 Å². The molecule has 1 unspecified atom stereocenters. The van der Waals surface area contributed by atoms with Crippen LogP contribution in [0.1, 0.15) is 77.6 Å². The Labute approximate surface area is 164 Å². The molecule has 5 atom stereocenters. The topological polar surface area (TPSA) is 90.2 Å². The van der Waals surface area contributed by atoms with E-state index in [0.717, 1.165) is 57.8 Å². The van der Waals surface area contributed by atoms with Crippen molar-refractivity contribution < 1.29 is 24.9 Å². The summed E-state index contributed by atoms with van der Waals surface area (Å²) in [6.45, 7) is 2.74. The average molecular weight is 388 g/mol. The van der Waals surface area contributed by atoms with Crippen molar-refractivity contribution in [2.45, 2.75) is 102 Å². The van der Waals surface area contributed by atoms with Gasteiger partial charge in [0, 0.05) is 38.5 Å². The van der Waals surface area contributed by atoms with E-state index in [9.17, 15) is 15.0 Å². The molecule has 6 nitrogen and oxygen atoms in total. The molecule has 27 heavy (non-hydrogen) atoms. The van der Waals surface area contributed by atoms with E-state index in [0.29, 0.717) is 13.0 Å². The average Bonchev–Trinajstić information content (AvgIpc) is 2.93. The Hall–Kier alpha value is -0.690. The monoisotopic (exact) mass is 387 g/mol. The molecule has 0 heterocycles. The van der Waals surface area contributed by atoms with Gasteiger partial charge in [0.2, 0.25) is 0 Å². The Morgan fingerprint density at radius 1 is 1.19 bits per heavy atom. The number of aliphatic hydroxyl groups excluding tert-OH is 2. The molecule has 1 fully saturated rings. The molecular weight excluding hydrogens is 346 g/mol. The first-order chi connectivity index (χ1) is 12.9. The molecule has 0 aromatic heterocycles. The molecule has 0 radical (unpaired) electrons. The number of unbranched alkanes of at least 4 members (excludes halogenated alkanes) is 5. The van der Waals surface area contributed by atoms with Crippen molar-refractivity contribution in [2.75, 3.05) is 20.7 Å². The zero-order valence-electron chi connectivity index (χ0n) is 17.5. The fourth-order valence-corrected chi connectivity index (χ4v) is 4.49. The number of aliphatic carboxylic acids is 1. The number of carboxylic acid groups (broad SMARTS) is 1. The van der Waals surface area contributed by atoms with Gasteiger partial charge in [-0.2, -0.15) is 0 Å². The largest absolute Gasteiger partial charge is 0.481 e. The van der Waals surface area contributed by atoms with Crippen LogP contribution in [-0.4, -0.2) is 71.2 Å². The number of hydrogen-bond acceptors (Lipinski definition) is 5. The molecule has 0 spiro atoms. The number of rotatable bonds is 15. The van der Waals surface area contributed by atoms with Crippen LogP contribution >= 0.6 is 0 Å². The molecule has 1 aliphatic rings. The van der Waals surface area contributed by atoms with E-state index in [-0.39, 0.29) is 30.6 Å². The molecule has 6 heteroatoms. The van der Waals surface area contributed by atoms with Crippen LogP contribution in [0.5, 0.6) is 0 Å². The second-order valence-corrected chi connectivity index (χ2v) is 8.17. The van der Waals surface area contributed by atoms with Gasteiger partial charge < -0.3 is 20.1 Å². The highest BCUT2D eigenvalue weighted by Gasteiger charge is 2.44. The Bertz CT molecular complexity index is 406. The SMILES string of the molecule is CCCCCC(O)CN(C)[C@@H]1[C@@H](CCCCCCC(=O)O)[C@@H](OC)C[C@H]1O. The summed E-state index contributed by atoms with van der Waals surface area (Å²) in [4.78, 5) is 12.7. The lowest BCUT2D eigenvalue weighted by Crippen LogP contribution is -2.46. The summed E-state index contributed by atoms with van der Waals surface area (Å²) in [5.41, 5.74) is 0.